The summed E-state index contributed by atoms with van der Waals surface area (Å²) in [6, 6.07) is 10.7. The van der Waals surface area contributed by atoms with E-state index in [0.717, 1.165) is 43.4 Å². The Morgan fingerprint density at radius 1 is 1.08 bits per heavy atom. The predicted molar refractivity (Wildman–Crippen MR) is 90.7 cm³/mol. The average Bonchev–Trinajstić information content (AvgIpc) is 3.14. The Bertz CT molecular complexity index is 667. The first-order valence-electron chi connectivity index (χ1n) is 8.87. The fourth-order valence-corrected chi connectivity index (χ4v) is 4.07. The highest BCUT2D eigenvalue weighted by Crippen LogP contribution is 2.44. The van der Waals surface area contributed by atoms with Crippen molar-refractivity contribution >= 4 is 0 Å². The summed E-state index contributed by atoms with van der Waals surface area (Å²) in [5, 5.41) is 19.2. The zero-order valence-electron chi connectivity index (χ0n) is 14.3. The Labute approximate surface area is 144 Å². The van der Waals surface area contributed by atoms with Crippen LogP contribution < -0.4 is 9.47 Å². The summed E-state index contributed by atoms with van der Waals surface area (Å²) in [6.45, 7) is 0. The van der Waals surface area contributed by atoms with E-state index in [4.69, 9.17) is 9.47 Å². The van der Waals surface area contributed by atoms with E-state index in [1.165, 1.54) is 12.8 Å². The minimum atomic E-state index is -0.585. The van der Waals surface area contributed by atoms with E-state index in [1.807, 2.05) is 18.2 Å². The van der Waals surface area contributed by atoms with E-state index in [1.54, 1.807) is 7.11 Å². The molecule has 0 aromatic heterocycles. The zero-order valence-corrected chi connectivity index (χ0v) is 14.3. The maximum absolute atomic E-state index is 9.88. The number of benzene rings is 1. The third-order valence-electron chi connectivity index (χ3n) is 5.46. The third kappa shape index (κ3) is 3.20. The maximum atomic E-state index is 9.88. The van der Waals surface area contributed by atoms with Gasteiger partial charge in [0.25, 0.3) is 0 Å². The zero-order chi connectivity index (χ0) is 17.0. The van der Waals surface area contributed by atoms with Gasteiger partial charge in [0, 0.05) is 5.92 Å². The van der Waals surface area contributed by atoms with Gasteiger partial charge in [-0.15, -0.1) is 0 Å². The average molecular weight is 324 g/mol. The summed E-state index contributed by atoms with van der Waals surface area (Å²) in [5.74, 6) is 1.40. The van der Waals surface area contributed by atoms with Gasteiger partial charge in [-0.05, 0) is 62.6 Å². The molecular weight excluding hydrogens is 300 g/mol. The topological polar surface area (TPSA) is 66.0 Å². The second-order valence-corrected chi connectivity index (χ2v) is 7.01. The van der Waals surface area contributed by atoms with Gasteiger partial charge >= 0.3 is 0 Å². The van der Waals surface area contributed by atoms with Crippen LogP contribution in [0.15, 0.2) is 18.2 Å². The van der Waals surface area contributed by atoms with Crippen molar-refractivity contribution in [3.63, 3.8) is 0 Å². The number of ether oxygens (including phenoxy) is 2. The molecule has 0 unspecified atom stereocenters. The number of rotatable bonds is 4. The van der Waals surface area contributed by atoms with Gasteiger partial charge in [-0.2, -0.15) is 10.5 Å². The van der Waals surface area contributed by atoms with Crippen LogP contribution in [0, 0.1) is 28.6 Å². The molecule has 2 aliphatic carbocycles. The summed E-state index contributed by atoms with van der Waals surface area (Å²) < 4.78 is 11.6. The highest BCUT2D eigenvalue weighted by molar-refractivity contribution is 5.47. The molecule has 0 spiro atoms. The highest BCUT2D eigenvalue weighted by Gasteiger charge is 2.39. The summed E-state index contributed by atoms with van der Waals surface area (Å²) in [6.07, 6.45) is 8.02. The molecule has 1 aromatic carbocycles. The van der Waals surface area contributed by atoms with Crippen LogP contribution in [-0.2, 0) is 5.41 Å². The second kappa shape index (κ2) is 7.14. The van der Waals surface area contributed by atoms with Gasteiger partial charge in [-0.1, -0.05) is 12.5 Å². The molecule has 126 valence electrons. The van der Waals surface area contributed by atoms with Crippen molar-refractivity contribution in [3.05, 3.63) is 23.8 Å². The summed E-state index contributed by atoms with van der Waals surface area (Å²) in [7, 11) is 1.64. The van der Waals surface area contributed by atoms with Crippen LogP contribution in [0.25, 0.3) is 0 Å². The lowest BCUT2D eigenvalue weighted by molar-refractivity contribution is 0.200. The predicted octanol–water partition coefficient (Wildman–Crippen LogP) is 4.49. The van der Waals surface area contributed by atoms with E-state index in [0.29, 0.717) is 12.2 Å². The normalized spacial score (nSPS) is 27.2. The Morgan fingerprint density at radius 2 is 1.88 bits per heavy atom. The molecule has 2 atom stereocenters. The van der Waals surface area contributed by atoms with Crippen molar-refractivity contribution in [1.29, 1.82) is 10.5 Å². The molecule has 0 heterocycles. The summed E-state index contributed by atoms with van der Waals surface area (Å²) in [5.41, 5.74) is 0.373. The number of hydrogen-bond acceptors (Lipinski definition) is 4. The number of nitrogens with zero attached hydrogens (tertiary/aromatic N) is 2. The molecule has 4 heteroatoms. The Hall–Kier alpha value is -2.20. The molecule has 3 rings (SSSR count). The van der Waals surface area contributed by atoms with E-state index in [2.05, 4.69) is 12.1 Å². The molecule has 2 aliphatic rings. The molecule has 24 heavy (non-hydrogen) atoms. The fourth-order valence-electron chi connectivity index (χ4n) is 4.07. The molecule has 0 bridgehead atoms. The van der Waals surface area contributed by atoms with Crippen molar-refractivity contribution < 1.29 is 9.47 Å². The first-order valence-corrected chi connectivity index (χ1v) is 8.87. The van der Waals surface area contributed by atoms with Gasteiger partial charge in [-0.25, -0.2) is 0 Å². The van der Waals surface area contributed by atoms with Crippen molar-refractivity contribution in [2.45, 2.75) is 62.9 Å². The van der Waals surface area contributed by atoms with Gasteiger partial charge in [0.05, 0.1) is 30.8 Å². The van der Waals surface area contributed by atoms with E-state index >= 15 is 0 Å². The summed E-state index contributed by atoms with van der Waals surface area (Å²) in [4.78, 5) is 0. The van der Waals surface area contributed by atoms with Crippen LogP contribution in [0.5, 0.6) is 11.5 Å². The number of hydrogen-bond donors (Lipinski definition) is 0. The van der Waals surface area contributed by atoms with Gasteiger partial charge in [0.1, 0.15) is 0 Å². The lowest BCUT2D eigenvalue weighted by Crippen LogP contribution is -2.31. The van der Waals surface area contributed by atoms with Crippen molar-refractivity contribution in [1.82, 2.24) is 0 Å². The van der Waals surface area contributed by atoms with Gasteiger partial charge < -0.3 is 9.47 Å². The molecule has 0 aliphatic heterocycles. The van der Waals surface area contributed by atoms with Crippen molar-refractivity contribution in [3.8, 4) is 23.6 Å². The maximum Gasteiger partial charge on any atom is 0.161 e. The van der Waals surface area contributed by atoms with Crippen molar-refractivity contribution in [2.24, 2.45) is 5.92 Å². The van der Waals surface area contributed by atoms with Crippen LogP contribution in [0.2, 0.25) is 0 Å². The minimum Gasteiger partial charge on any atom is -0.493 e. The SMILES string of the molecule is COc1ccc([C@]2(C#N)CCC[C@@H](C#N)C2)cc1OC1CCCC1. The van der Waals surface area contributed by atoms with E-state index < -0.39 is 5.41 Å². The largest absolute Gasteiger partial charge is 0.493 e. The standard InChI is InChI=1S/C20H24N2O2/c1-23-18-9-8-16(11-19(18)24-17-6-2-3-7-17)20(14-22)10-4-5-15(12-20)13-21/h8-9,11,15,17H,2-7,10,12H2,1H3/t15-,20-/m1/s1. The lowest BCUT2D eigenvalue weighted by atomic mass is 9.67. The van der Waals surface area contributed by atoms with Crippen molar-refractivity contribution in [2.75, 3.05) is 7.11 Å². The number of methoxy groups -OCH3 is 1. The monoisotopic (exact) mass is 324 g/mol. The highest BCUT2D eigenvalue weighted by atomic mass is 16.5. The Kier molecular flexibility index (Phi) is 4.95. The molecule has 1 aromatic rings. The molecule has 0 saturated heterocycles. The van der Waals surface area contributed by atoms with Gasteiger partial charge in [-0.3, -0.25) is 0 Å². The van der Waals surface area contributed by atoms with Crippen LogP contribution >= 0.6 is 0 Å². The molecule has 2 fully saturated rings. The summed E-state index contributed by atoms with van der Waals surface area (Å²) >= 11 is 0. The molecule has 4 nitrogen and oxygen atoms in total. The van der Waals surface area contributed by atoms with Crippen LogP contribution in [0.1, 0.15) is 56.9 Å². The smallest absolute Gasteiger partial charge is 0.161 e. The van der Waals surface area contributed by atoms with E-state index in [-0.39, 0.29) is 12.0 Å². The minimum absolute atomic E-state index is 0.0419. The Morgan fingerprint density at radius 3 is 2.54 bits per heavy atom. The number of nitriles is 2. The fraction of sp³-hybridized carbons (Fsp3) is 0.600. The molecular formula is C20H24N2O2. The molecule has 2 saturated carbocycles. The first kappa shape index (κ1) is 16.7. The van der Waals surface area contributed by atoms with Crippen LogP contribution in [0.3, 0.4) is 0 Å². The third-order valence-corrected chi connectivity index (χ3v) is 5.46. The lowest BCUT2D eigenvalue weighted by Gasteiger charge is -2.34. The molecule has 0 amide bonds. The second-order valence-electron chi connectivity index (χ2n) is 7.01. The quantitative estimate of drug-likeness (QED) is 0.818. The first-order chi connectivity index (χ1) is 11.7. The van der Waals surface area contributed by atoms with E-state index in [9.17, 15) is 10.5 Å². The molecule has 0 N–H and O–H groups in total. The van der Waals surface area contributed by atoms with Crippen LogP contribution in [-0.4, -0.2) is 13.2 Å². The van der Waals surface area contributed by atoms with Gasteiger partial charge in [0.15, 0.2) is 11.5 Å². The Balaban J connectivity index is 1.92. The van der Waals surface area contributed by atoms with Gasteiger partial charge in [0.2, 0.25) is 0 Å². The van der Waals surface area contributed by atoms with Crippen LogP contribution in [0.4, 0.5) is 0 Å². The molecule has 0 radical (unpaired) electrons.